The van der Waals surface area contributed by atoms with Gasteiger partial charge in [-0.25, -0.2) is 38.4 Å². The molecule has 1 saturated carbocycles. The van der Waals surface area contributed by atoms with Crippen molar-refractivity contribution in [2.45, 2.75) is 89.6 Å². The zero-order valence-corrected chi connectivity index (χ0v) is 46.3. The predicted octanol–water partition coefficient (Wildman–Crippen LogP) is 0.529. The Balaban J connectivity index is -0.000000153. The number of hydrogen-bond donors (Lipinski definition) is 10. The molecule has 1 fully saturated rings. The first-order valence-electron chi connectivity index (χ1n) is 24.7. The van der Waals surface area contributed by atoms with Crippen molar-refractivity contribution >= 4 is 47.8 Å². The fourth-order valence-electron chi connectivity index (χ4n) is 4.04. The highest BCUT2D eigenvalue weighted by Crippen LogP contribution is 2.28. The van der Waals surface area contributed by atoms with E-state index in [1.807, 2.05) is 6.92 Å². The summed E-state index contributed by atoms with van der Waals surface area (Å²) in [6, 6.07) is 0. The summed E-state index contributed by atoms with van der Waals surface area (Å²) in [5, 5.41) is 84.8. The zero-order valence-electron chi connectivity index (χ0n) is 46.3. The van der Waals surface area contributed by atoms with Crippen molar-refractivity contribution in [3.8, 4) is 0 Å². The van der Waals surface area contributed by atoms with Crippen LogP contribution >= 0.6 is 0 Å². The van der Waals surface area contributed by atoms with Gasteiger partial charge < -0.3 is 89.0 Å². The van der Waals surface area contributed by atoms with Gasteiger partial charge in [0.2, 0.25) is 0 Å². The Morgan fingerprint density at radius 1 is 0.425 bits per heavy atom. The van der Waals surface area contributed by atoms with Crippen LogP contribution in [-0.2, 0) is 76.3 Å². The van der Waals surface area contributed by atoms with E-state index in [4.69, 9.17) is 55.8 Å². The molecule has 0 heterocycles. The van der Waals surface area contributed by atoms with Crippen LogP contribution in [0.25, 0.3) is 0 Å². The molecule has 0 bridgehead atoms. The second-order valence-electron chi connectivity index (χ2n) is 15.1. The van der Waals surface area contributed by atoms with Crippen LogP contribution in [0.5, 0.6) is 0 Å². The molecule has 3 unspecified atom stereocenters. The summed E-state index contributed by atoms with van der Waals surface area (Å²) in [5.41, 5.74) is 0. The molecule has 0 spiro atoms. The van der Waals surface area contributed by atoms with E-state index in [2.05, 4.69) is 85.8 Å². The van der Waals surface area contributed by atoms with Crippen molar-refractivity contribution in [3.63, 3.8) is 0 Å². The summed E-state index contributed by atoms with van der Waals surface area (Å²) in [6.07, 6.45) is 12.2. The molecule has 3 atom stereocenters. The zero-order chi connectivity index (χ0) is 63.0. The molecule has 0 aromatic rings. The van der Waals surface area contributed by atoms with E-state index in [-0.39, 0.29) is 72.0 Å². The maximum atomic E-state index is 10.8. The molecular weight excluding hydrogens is 1060 g/mol. The molecule has 0 amide bonds. The lowest BCUT2D eigenvalue weighted by Crippen LogP contribution is -2.24. The van der Waals surface area contributed by atoms with E-state index in [9.17, 15) is 38.4 Å². The van der Waals surface area contributed by atoms with Gasteiger partial charge in [-0.2, -0.15) is 0 Å². The van der Waals surface area contributed by atoms with Crippen molar-refractivity contribution in [2.75, 3.05) is 92.5 Å². The molecule has 0 saturated heterocycles. The highest BCUT2D eigenvalue weighted by molar-refractivity contribution is 5.83. The molecule has 10 N–H and O–H groups in total. The number of aliphatic hydroxyl groups is 10. The van der Waals surface area contributed by atoms with Gasteiger partial charge in [-0.1, -0.05) is 59.6 Å². The minimum atomic E-state index is -0.996. The summed E-state index contributed by atoms with van der Waals surface area (Å²) < 4.78 is 36.3. The van der Waals surface area contributed by atoms with Crippen LogP contribution in [-0.4, -0.2) is 216 Å². The maximum Gasteiger partial charge on any atom is 0.330 e. The summed E-state index contributed by atoms with van der Waals surface area (Å²) in [4.78, 5) is 82.9. The van der Waals surface area contributed by atoms with E-state index in [0.717, 1.165) is 68.2 Å². The van der Waals surface area contributed by atoms with Crippen LogP contribution in [0.4, 0.5) is 0 Å². The molecular formula is C54H90O26. The Morgan fingerprint density at radius 2 is 0.775 bits per heavy atom. The lowest BCUT2D eigenvalue weighted by atomic mass is 9.83. The number of rotatable bonds is 31. The van der Waals surface area contributed by atoms with Gasteiger partial charge in [0.1, 0.15) is 38.6 Å². The minimum Gasteiger partial charge on any atom is -0.463 e. The molecule has 0 aromatic heterocycles. The van der Waals surface area contributed by atoms with Crippen molar-refractivity contribution in [2.24, 2.45) is 11.8 Å². The fourth-order valence-corrected chi connectivity index (χ4v) is 4.04. The van der Waals surface area contributed by atoms with Crippen molar-refractivity contribution in [1.82, 2.24) is 0 Å². The molecule has 0 aliphatic heterocycles. The van der Waals surface area contributed by atoms with Gasteiger partial charge in [0.05, 0.1) is 58.5 Å². The molecule has 26 heteroatoms. The lowest BCUT2D eigenvalue weighted by molar-refractivity contribution is -0.147. The summed E-state index contributed by atoms with van der Waals surface area (Å²) in [6.45, 7) is 29.2. The van der Waals surface area contributed by atoms with Gasteiger partial charge >= 0.3 is 47.8 Å². The molecule has 1 rings (SSSR count). The molecule has 0 radical (unpaired) electrons. The average molecular weight is 1160 g/mol. The van der Waals surface area contributed by atoms with E-state index < -0.39 is 72.8 Å². The first-order chi connectivity index (χ1) is 38.0. The van der Waals surface area contributed by atoms with Gasteiger partial charge in [0, 0.05) is 74.8 Å². The van der Waals surface area contributed by atoms with Gasteiger partial charge in [-0.15, -0.1) is 0 Å². The van der Waals surface area contributed by atoms with Gasteiger partial charge in [0.25, 0.3) is 0 Å². The van der Waals surface area contributed by atoms with Crippen LogP contribution < -0.4 is 0 Å². The number of aliphatic hydroxyl groups excluding tert-OH is 10. The first-order valence-corrected chi connectivity index (χ1v) is 24.7. The number of carbonyl (C=O) groups excluding carboxylic acids is 8. The van der Waals surface area contributed by atoms with Gasteiger partial charge in [0.15, 0.2) is 0 Å². The summed E-state index contributed by atoms with van der Waals surface area (Å²) in [5.74, 6) is -3.00. The highest BCUT2D eigenvalue weighted by atomic mass is 16.6. The Morgan fingerprint density at radius 3 is 1.11 bits per heavy atom. The Labute approximate surface area is 469 Å². The van der Waals surface area contributed by atoms with Crippen LogP contribution in [0, 0.1) is 11.8 Å². The van der Waals surface area contributed by atoms with Crippen LogP contribution in [0.15, 0.2) is 101 Å². The number of esters is 8. The van der Waals surface area contributed by atoms with E-state index in [1.54, 1.807) is 0 Å². The normalized spacial score (nSPS) is 13.2. The second-order valence-corrected chi connectivity index (χ2v) is 15.1. The third-order valence-corrected chi connectivity index (χ3v) is 8.37. The van der Waals surface area contributed by atoms with E-state index >= 15 is 0 Å². The molecule has 1 aliphatic carbocycles. The largest absolute Gasteiger partial charge is 0.463 e. The summed E-state index contributed by atoms with van der Waals surface area (Å²) >= 11 is 0. The van der Waals surface area contributed by atoms with Crippen molar-refractivity contribution in [1.29, 1.82) is 0 Å². The first kappa shape index (κ1) is 87.1. The van der Waals surface area contributed by atoms with Gasteiger partial charge in [-0.05, 0) is 63.7 Å². The monoisotopic (exact) mass is 1150 g/mol. The second kappa shape index (κ2) is 68.4. The fraction of sp³-hybridized carbons (Fsp3) is 0.556. The summed E-state index contributed by atoms with van der Waals surface area (Å²) in [7, 11) is 0. The predicted molar refractivity (Wildman–Crippen MR) is 291 cm³/mol. The number of ether oxygens (including phenoxy) is 8. The topological polar surface area (TPSA) is 413 Å². The molecule has 26 nitrogen and oxygen atoms in total. The number of hydrogen-bond acceptors (Lipinski definition) is 26. The third kappa shape index (κ3) is 75.5. The third-order valence-electron chi connectivity index (χ3n) is 8.37. The lowest BCUT2D eigenvalue weighted by Gasteiger charge is -2.26. The molecule has 80 heavy (non-hydrogen) atoms. The molecule has 462 valence electrons. The van der Waals surface area contributed by atoms with Crippen LogP contribution in [0.3, 0.4) is 0 Å². The number of unbranched alkanes of at least 4 members (excludes halogenated alkanes) is 1. The van der Waals surface area contributed by atoms with Gasteiger partial charge in [-0.3, -0.25) is 0 Å². The Bertz CT molecular complexity index is 1640. The van der Waals surface area contributed by atoms with E-state index in [0.29, 0.717) is 57.3 Å². The number of carbonyl (C=O) groups is 8. The Kier molecular flexibility index (Phi) is 74.5. The smallest absolute Gasteiger partial charge is 0.330 e. The Hall–Kier alpha value is -6.72. The van der Waals surface area contributed by atoms with Crippen molar-refractivity contribution < 1.29 is 127 Å². The van der Waals surface area contributed by atoms with Crippen molar-refractivity contribution in [3.05, 3.63) is 101 Å². The highest BCUT2D eigenvalue weighted by Gasteiger charge is 2.21. The van der Waals surface area contributed by atoms with E-state index in [1.165, 1.54) is 13.0 Å². The quantitative estimate of drug-likeness (QED) is 0.0196. The molecule has 0 aromatic carbocycles. The minimum absolute atomic E-state index is 0.0326. The molecule has 1 aliphatic rings. The van der Waals surface area contributed by atoms with Crippen LogP contribution in [0.1, 0.15) is 65.2 Å². The SMILES string of the molecule is C=CC(=O)OC(CO)CO.C=CC(=O)OCC(C)O.C=CC(=O)OCC(O)CC.C=CC(=O)OCC(O)CO.C=CC(=O)OCC1CCC(CO)CC1.C=CC(=O)OCCCCO.C=CC(=O)OCCCO.C=CC(=O)OCCO. The standard InChI is InChI=1S/C11H18O3.2C7H12O3.2C6H10O4.2C6H10O3.C5H8O3/c1-2-11(13)14-8-10-5-3-9(7-12)4-6-10;1-3-6(8)5-10-7(9)4-2;1-2-7(9)10-6-4-3-5-8;1-2-6(9)10-4-5(8)3-7;1-2-6(9)10-5(3-7)4-8;1-3-6(8)9-4-5(2)7;1-2-6(8)9-5-3-4-7;1-2-5(7)8-4-3-6/h2,9-10,12H,1,3-8H2;4,6,8H,2-3,5H2,1H3;2,8H,1,3-6H2;2*2,5,7-8H,1,3-4H2;3,5,7H,1,4H2,2H3;2,7H,1,3-5H2;2,6H,1,3-4H2. The average Bonchev–Trinajstić information content (AvgIpc) is 3.48. The maximum absolute atomic E-state index is 10.8. The van der Waals surface area contributed by atoms with Crippen LogP contribution in [0.2, 0.25) is 0 Å².